The number of hydrogen-bond donors (Lipinski definition) is 0. The van der Waals surface area contributed by atoms with Gasteiger partial charge in [-0.05, 0) is 76.9 Å². The van der Waals surface area contributed by atoms with E-state index >= 15 is 0 Å². The minimum atomic E-state index is 0.179. The Hall–Kier alpha value is -3.58. The summed E-state index contributed by atoms with van der Waals surface area (Å²) in [5.41, 5.74) is 8.81. The molecular weight excluding hydrogens is 410 g/mol. The molecule has 0 saturated heterocycles. The maximum absolute atomic E-state index is 2.34. The zero-order chi connectivity index (χ0) is 24.0. The minimum Gasteiger partial charge on any atom is -0.311 e. The number of benzene rings is 4. The van der Waals surface area contributed by atoms with Crippen LogP contribution in [0, 0.1) is 0 Å². The van der Waals surface area contributed by atoms with E-state index in [0.29, 0.717) is 0 Å². The van der Waals surface area contributed by atoms with E-state index in [-0.39, 0.29) is 5.41 Å². The van der Waals surface area contributed by atoms with Crippen LogP contribution in [0.15, 0.2) is 103 Å². The normalized spacial score (nSPS) is 11.6. The molecule has 34 heavy (non-hydrogen) atoms. The molecule has 0 N–H and O–H groups in total. The van der Waals surface area contributed by atoms with Gasteiger partial charge < -0.3 is 4.90 Å². The van der Waals surface area contributed by atoms with Crippen LogP contribution in [0.5, 0.6) is 0 Å². The molecule has 172 valence electrons. The maximum atomic E-state index is 2.34. The van der Waals surface area contributed by atoms with Crippen molar-refractivity contribution in [1.82, 2.24) is 0 Å². The Morgan fingerprint density at radius 1 is 0.588 bits per heavy atom. The summed E-state index contributed by atoms with van der Waals surface area (Å²) in [4.78, 5) is 2.34. The van der Waals surface area contributed by atoms with E-state index < -0.39 is 0 Å². The average molecular weight is 446 g/mol. The van der Waals surface area contributed by atoms with Crippen molar-refractivity contribution in [1.29, 1.82) is 0 Å². The van der Waals surface area contributed by atoms with E-state index in [1.807, 2.05) is 6.07 Å². The zero-order valence-corrected chi connectivity index (χ0v) is 20.8. The molecule has 0 aliphatic carbocycles. The fourth-order valence-corrected chi connectivity index (χ4v) is 4.08. The van der Waals surface area contributed by atoms with Crippen LogP contribution < -0.4 is 4.90 Å². The van der Waals surface area contributed by atoms with Crippen molar-refractivity contribution in [2.45, 2.75) is 46.0 Å². The van der Waals surface area contributed by atoms with Gasteiger partial charge in [0.25, 0.3) is 0 Å². The fourth-order valence-electron chi connectivity index (χ4n) is 4.08. The molecule has 0 amide bonds. The number of anilines is 3. The van der Waals surface area contributed by atoms with Crippen LogP contribution in [0.2, 0.25) is 0 Å². The summed E-state index contributed by atoms with van der Waals surface area (Å²) in [6.07, 6.45) is 6.49. The highest BCUT2D eigenvalue weighted by Crippen LogP contribution is 2.36. The molecule has 1 nitrogen and oxygen atoms in total. The summed E-state index contributed by atoms with van der Waals surface area (Å²) < 4.78 is 0. The summed E-state index contributed by atoms with van der Waals surface area (Å²) in [7, 11) is 0. The average Bonchev–Trinajstić information content (AvgIpc) is 2.90. The molecule has 0 aliphatic heterocycles. The largest absolute Gasteiger partial charge is 0.311 e. The molecule has 0 fully saturated rings. The van der Waals surface area contributed by atoms with Crippen LogP contribution in [-0.4, -0.2) is 0 Å². The van der Waals surface area contributed by atoms with Gasteiger partial charge in [0.15, 0.2) is 0 Å². The molecule has 0 atom stereocenters. The second kappa shape index (κ2) is 10.6. The van der Waals surface area contributed by atoms with E-state index in [1.54, 1.807) is 0 Å². The molecule has 1 heteroatoms. The maximum Gasteiger partial charge on any atom is 0.0462 e. The van der Waals surface area contributed by atoms with Crippen LogP contribution in [0.3, 0.4) is 0 Å². The van der Waals surface area contributed by atoms with Gasteiger partial charge in [0.05, 0.1) is 0 Å². The van der Waals surface area contributed by atoms with Gasteiger partial charge >= 0.3 is 0 Å². The molecule has 0 bridgehead atoms. The minimum absolute atomic E-state index is 0.179. The molecule has 4 aromatic carbocycles. The molecule has 0 unspecified atom stereocenters. The summed E-state index contributed by atoms with van der Waals surface area (Å²) in [5.74, 6) is 0. The molecule has 4 rings (SSSR count). The van der Waals surface area contributed by atoms with Crippen molar-refractivity contribution in [3.8, 4) is 0 Å². The summed E-state index contributed by atoms with van der Waals surface area (Å²) in [5, 5.41) is 0. The van der Waals surface area contributed by atoms with E-state index in [0.717, 1.165) is 18.5 Å². The van der Waals surface area contributed by atoms with Crippen molar-refractivity contribution >= 4 is 29.2 Å². The molecule has 4 aromatic rings. The first-order valence-electron chi connectivity index (χ1n) is 12.3. The quantitative estimate of drug-likeness (QED) is 0.244. The van der Waals surface area contributed by atoms with Crippen molar-refractivity contribution in [2.24, 2.45) is 0 Å². The molecular formula is C33H35N. The van der Waals surface area contributed by atoms with Crippen LogP contribution in [0.4, 0.5) is 17.1 Å². The Labute approximate surface area is 205 Å². The summed E-state index contributed by atoms with van der Waals surface area (Å²) in [6.45, 7) is 9.07. The van der Waals surface area contributed by atoms with Gasteiger partial charge in [-0.2, -0.15) is 0 Å². The van der Waals surface area contributed by atoms with Gasteiger partial charge in [0.1, 0.15) is 0 Å². The Morgan fingerprint density at radius 3 is 1.56 bits per heavy atom. The predicted octanol–water partition coefficient (Wildman–Crippen LogP) is 9.58. The first kappa shape index (κ1) is 23.6. The lowest BCUT2D eigenvalue weighted by Gasteiger charge is -2.28. The first-order valence-corrected chi connectivity index (χ1v) is 12.3. The van der Waals surface area contributed by atoms with Gasteiger partial charge in [-0.3, -0.25) is 0 Å². The lowest BCUT2D eigenvalue weighted by molar-refractivity contribution is 0.506. The highest BCUT2D eigenvalue weighted by Gasteiger charge is 2.19. The third kappa shape index (κ3) is 5.48. The molecule has 0 aliphatic rings. The molecule has 0 saturated carbocycles. The van der Waals surface area contributed by atoms with Gasteiger partial charge in [-0.15, -0.1) is 0 Å². The number of aryl methyl sites for hydroxylation is 1. The van der Waals surface area contributed by atoms with E-state index in [9.17, 15) is 0 Å². The van der Waals surface area contributed by atoms with Gasteiger partial charge in [-0.1, -0.05) is 107 Å². The van der Waals surface area contributed by atoms with Crippen molar-refractivity contribution in [2.75, 3.05) is 4.90 Å². The van der Waals surface area contributed by atoms with Crippen molar-refractivity contribution < 1.29 is 0 Å². The lowest BCUT2D eigenvalue weighted by atomic mass is 9.82. The van der Waals surface area contributed by atoms with Crippen LogP contribution in [-0.2, 0) is 11.8 Å². The number of nitrogens with zero attached hydrogens (tertiary/aromatic N) is 1. The standard InChI is InChI=1S/C33H35N/c1-5-26-14-20-30(21-15-26)34(32-24-18-29(19-25-32)33(3,4)6-2)31-22-16-28(17-23-31)13-12-27-10-8-7-9-11-27/h7-25H,5-6H2,1-4H3. The van der Waals surface area contributed by atoms with Crippen LogP contribution in [0.1, 0.15) is 56.4 Å². The fraction of sp³-hybridized carbons (Fsp3) is 0.212. The summed E-state index contributed by atoms with van der Waals surface area (Å²) >= 11 is 0. The predicted molar refractivity (Wildman–Crippen MR) is 149 cm³/mol. The topological polar surface area (TPSA) is 3.24 Å². The highest BCUT2D eigenvalue weighted by atomic mass is 15.1. The Bertz CT molecular complexity index is 1200. The number of rotatable bonds is 8. The third-order valence-corrected chi connectivity index (χ3v) is 6.81. The lowest BCUT2D eigenvalue weighted by Crippen LogP contribution is -2.16. The van der Waals surface area contributed by atoms with Crippen LogP contribution in [0.25, 0.3) is 12.2 Å². The summed E-state index contributed by atoms with van der Waals surface area (Å²) in [6, 6.07) is 37.2. The molecule has 0 heterocycles. The number of hydrogen-bond acceptors (Lipinski definition) is 1. The molecule has 0 radical (unpaired) electrons. The van der Waals surface area contributed by atoms with Gasteiger partial charge in [0, 0.05) is 17.1 Å². The smallest absolute Gasteiger partial charge is 0.0462 e. The Morgan fingerprint density at radius 2 is 1.06 bits per heavy atom. The first-order chi connectivity index (χ1) is 16.5. The van der Waals surface area contributed by atoms with E-state index in [4.69, 9.17) is 0 Å². The monoisotopic (exact) mass is 445 g/mol. The SMILES string of the molecule is CCc1ccc(N(c2ccc(C=Cc3ccccc3)cc2)c2ccc(C(C)(C)CC)cc2)cc1. The van der Waals surface area contributed by atoms with Crippen LogP contribution >= 0.6 is 0 Å². The van der Waals surface area contributed by atoms with Crippen molar-refractivity contribution in [3.05, 3.63) is 125 Å². The highest BCUT2D eigenvalue weighted by molar-refractivity contribution is 5.78. The van der Waals surface area contributed by atoms with Gasteiger partial charge in [-0.25, -0.2) is 0 Å². The second-order valence-corrected chi connectivity index (χ2v) is 9.48. The van der Waals surface area contributed by atoms with Gasteiger partial charge in [0.2, 0.25) is 0 Å². The van der Waals surface area contributed by atoms with E-state index in [2.05, 4.69) is 142 Å². The zero-order valence-electron chi connectivity index (χ0n) is 20.8. The third-order valence-electron chi connectivity index (χ3n) is 6.81. The molecule has 0 aromatic heterocycles. The second-order valence-electron chi connectivity index (χ2n) is 9.48. The Balaban J connectivity index is 1.67. The Kier molecular flexibility index (Phi) is 7.33. The van der Waals surface area contributed by atoms with E-state index in [1.165, 1.54) is 33.6 Å². The van der Waals surface area contributed by atoms with Crippen molar-refractivity contribution in [3.63, 3.8) is 0 Å². The molecule has 0 spiro atoms.